The number of esters is 1. The maximum atomic E-state index is 11.9. The Morgan fingerprint density at radius 2 is 1.67 bits per heavy atom. The van der Waals surface area contributed by atoms with Crippen molar-refractivity contribution in [2.75, 3.05) is 0 Å². The molecule has 0 spiro atoms. The minimum atomic E-state index is -0.873. The van der Waals surface area contributed by atoms with E-state index in [2.05, 4.69) is 0 Å². The van der Waals surface area contributed by atoms with Gasteiger partial charge in [0.25, 0.3) is 0 Å². The van der Waals surface area contributed by atoms with E-state index in [1.165, 1.54) is 0 Å². The van der Waals surface area contributed by atoms with Crippen molar-refractivity contribution in [1.82, 2.24) is 0 Å². The minimum absolute atomic E-state index is 0.230. The molecule has 1 heterocycles. The highest BCUT2D eigenvalue weighted by atomic mass is 16.5. The van der Waals surface area contributed by atoms with Gasteiger partial charge < -0.3 is 14.9 Å². The molecular formula is C17H24O4. The maximum absolute atomic E-state index is 11.9. The fourth-order valence-electron chi connectivity index (χ4n) is 2.68. The minimum Gasteiger partial charge on any atom is -0.457 e. The zero-order valence-corrected chi connectivity index (χ0v) is 12.3. The third kappa shape index (κ3) is 5.14. The van der Waals surface area contributed by atoms with Gasteiger partial charge in [0.2, 0.25) is 0 Å². The van der Waals surface area contributed by atoms with Crippen molar-refractivity contribution in [3.05, 3.63) is 35.9 Å². The van der Waals surface area contributed by atoms with Crippen LogP contribution in [-0.2, 0) is 9.53 Å². The third-order valence-corrected chi connectivity index (χ3v) is 3.98. The number of ether oxygens (including phenoxy) is 1. The van der Waals surface area contributed by atoms with Crippen LogP contribution in [0, 0.1) is 0 Å². The monoisotopic (exact) mass is 292 g/mol. The summed E-state index contributed by atoms with van der Waals surface area (Å²) >= 11 is 0. The van der Waals surface area contributed by atoms with Crippen molar-refractivity contribution in [1.29, 1.82) is 0 Å². The maximum Gasteiger partial charge on any atom is 0.306 e. The molecule has 1 aromatic rings. The summed E-state index contributed by atoms with van der Waals surface area (Å²) in [6, 6.07) is 9.40. The van der Waals surface area contributed by atoms with Gasteiger partial charge in [-0.25, -0.2) is 0 Å². The van der Waals surface area contributed by atoms with Crippen molar-refractivity contribution in [3.8, 4) is 0 Å². The Balaban J connectivity index is 2.11. The molecule has 0 bridgehead atoms. The molecule has 2 N–H and O–H groups in total. The number of carbonyl (C=O) groups is 1. The van der Waals surface area contributed by atoms with Gasteiger partial charge in [0.1, 0.15) is 6.10 Å². The van der Waals surface area contributed by atoms with Gasteiger partial charge in [-0.2, -0.15) is 0 Å². The predicted octanol–water partition coefficient (Wildman–Crippen LogP) is 2.74. The highest BCUT2D eigenvalue weighted by Gasteiger charge is 2.25. The molecule has 0 aromatic heterocycles. The molecule has 0 radical (unpaired) electrons. The number of cyclic esters (lactones) is 1. The number of hydrogen-bond donors (Lipinski definition) is 2. The van der Waals surface area contributed by atoms with E-state index in [1.807, 2.05) is 30.3 Å². The summed E-state index contributed by atoms with van der Waals surface area (Å²) in [4.78, 5) is 11.9. The van der Waals surface area contributed by atoms with E-state index in [-0.39, 0.29) is 12.4 Å². The fraction of sp³-hybridized carbons (Fsp3) is 0.588. The molecule has 21 heavy (non-hydrogen) atoms. The van der Waals surface area contributed by atoms with Crippen LogP contribution >= 0.6 is 0 Å². The van der Waals surface area contributed by atoms with Crippen molar-refractivity contribution >= 4 is 5.97 Å². The standard InChI is InChI=1S/C17H24O4/c18-14-10-6-1-2-7-11-17(20)21-16(12-15(14)19)13-8-4-3-5-9-13/h3-5,8-9,14-16,18-19H,1-2,6-7,10-12H2/t14-,15-,16-/m1/s1. The van der Waals surface area contributed by atoms with E-state index in [9.17, 15) is 15.0 Å². The van der Waals surface area contributed by atoms with Crippen molar-refractivity contribution in [2.24, 2.45) is 0 Å². The summed E-state index contributed by atoms with van der Waals surface area (Å²) in [5.41, 5.74) is 0.856. The Morgan fingerprint density at radius 3 is 2.43 bits per heavy atom. The fourth-order valence-corrected chi connectivity index (χ4v) is 2.68. The van der Waals surface area contributed by atoms with Gasteiger partial charge in [-0.05, 0) is 18.4 Å². The zero-order chi connectivity index (χ0) is 15.1. The van der Waals surface area contributed by atoms with Gasteiger partial charge in [0.05, 0.1) is 12.2 Å². The van der Waals surface area contributed by atoms with E-state index in [1.54, 1.807) is 0 Å². The summed E-state index contributed by atoms with van der Waals surface area (Å²) in [5.74, 6) is -0.230. The first-order valence-electron chi connectivity index (χ1n) is 7.77. The molecule has 1 aromatic carbocycles. The first-order chi connectivity index (χ1) is 10.2. The summed E-state index contributed by atoms with van der Waals surface area (Å²) in [6.45, 7) is 0. The molecule has 4 heteroatoms. The second kappa shape index (κ2) is 8.15. The Labute approximate surface area is 125 Å². The van der Waals surface area contributed by atoms with Gasteiger partial charge in [-0.3, -0.25) is 4.79 Å². The van der Waals surface area contributed by atoms with Crippen molar-refractivity contribution in [2.45, 2.75) is 63.3 Å². The van der Waals surface area contributed by atoms with Gasteiger partial charge in [0.15, 0.2) is 0 Å². The third-order valence-electron chi connectivity index (χ3n) is 3.98. The average Bonchev–Trinajstić information content (AvgIpc) is 2.49. The van der Waals surface area contributed by atoms with Gasteiger partial charge in [-0.15, -0.1) is 0 Å². The first kappa shape index (κ1) is 16.0. The molecule has 116 valence electrons. The number of carbonyl (C=O) groups excluding carboxylic acids is 1. The van der Waals surface area contributed by atoms with E-state index in [4.69, 9.17) is 4.74 Å². The second-order valence-corrected chi connectivity index (χ2v) is 5.71. The second-order valence-electron chi connectivity index (χ2n) is 5.71. The lowest BCUT2D eigenvalue weighted by atomic mass is 9.96. The summed E-state index contributed by atoms with van der Waals surface area (Å²) in [7, 11) is 0. The molecule has 1 saturated heterocycles. The lowest BCUT2D eigenvalue weighted by molar-refractivity contribution is -0.152. The van der Waals surface area contributed by atoms with Crippen LogP contribution in [0.25, 0.3) is 0 Å². The van der Waals surface area contributed by atoms with E-state index < -0.39 is 18.3 Å². The van der Waals surface area contributed by atoms with Crippen LogP contribution in [0.3, 0.4) is 0 Å². The van der Waals surface area contributed by atoms with Crippen LogP contribution in [-0.4, -0.2) is 28.4 Å². The van der Waals surface area contributed by atoms with Crippen LogP contribution < -0.4 is 0 Å². The Kier molecular flexibility index (Phi) is 6.21. The molecule has 0 unspecified atom stereocenters. The molecule has 4 nitrogen and oxygen atoms in total. The molecule has 0 amide bonds. The quantitative estimate of drug-likeness (QED) is 0.781. The van der Waals surface area contributed by atoms with Crippen LogP contribution in [0.2, 0.25) is 0 Å². The lowest BCUT2D eigenvalue weighted by Crippen LogP contribution is -2.29. The van der Waals surface area contributed by atoms with Crippen LogP contribution in [0.15, 0.2) is 30.3 Å². The topological polar surface area (TPSA) is 66.8 Å². The van der Waals surface area contributed by atoms with Crippen molar-refractivity contribution in [3.63, 3.8) is 0 Å². The highest BCUT2D eigenvalue weighted by molar-refractivity contribution is 5.69. The van der Waals surface area contributed by atoms with Gasteiger partial charge in [-0.1, -0.05) is 49.6 Å². The lowest BCUT2D eigenvalue weighted by Gasteiger charge is -2.25. The molecule has 2 rings (SSSR count). The van der Waals surface area contributed by atoms with Crippen LogP contribution in [0.1, 0.15) is 56.6 Å². The van der Waals surface area contributed by atoms with E-state index in [0.717, 1.165) is 31.2 Å². The van der Waals surface area contributed by atoms with Gasteiger partial charge in [0, 0.05) is 12.8 Å². The van der Waals surface area contributed by atoms with Gasteiger partial charge >= 0.3 is 5.97 Å². The molecular weight excluding hydrogens is 268 g/mol. The number of aliphatic hydroxyl groups excluding tert-OH is 2. The number of benzene rings is 1. The first-order valence-corrected chi connectivity index (χ1v) is 7.77. The average molecular weight is 292 g/mol. The molecule has 0 aliphatic carbocycles. The van der Waals surface area contributed by atoms with Crippen LogP contribution in [0.4, 0.5) is 0 Å². The highest BCUT2D eigenvalue weighted by Crippen LogP contribution is 2.26. The number of rotatable bonds is 1. The largest absolute Gasteiger partial charge is 0.457 e. The summed E-state index contributed by atoms with van der Waals surface area (Å²) < 4.78 is 5.52. The smallest absolute Gasteiger partial charge is 0.306 e. The Morgan fingerprint density at radius 1 is 0.952 bits per heavy atom. The molecule has 1 fully saturated rings. The molecule has 1 aliphatic rings. The number of aliphatic hydroxyl groups is 2. The molecule has 3 atom stereocenters. The molecule has 1 aliphatic heterocycles. The van der Waals surface area contributed by atoms with Crippen molar-refractivity contribution < 1.29 is 19.7 Å². The zero-order valence-electron chi connectivity index (χ0n) is 12.3. The predicted molar refractivity (Wildman–Crippen MR) is 79.6 cm³/mol. The molecule has 0 saturated carbocycles. The SMILES string of the molecule is O=C1CCCCCC[C@@H](O)[C@H](O)C[C@H](c2ccccc2)O1. The summed E-state index contributed by atoms with van der Waals surface area (Å²) in [5, 5.41) is 20.1. The number of hydrogen-bond acceptors (Lipinski definition) is 4. The van der Waals surface area contributed by atoms with Crippen LogP contribution in [0.5, 0.6) is 0 Å². The summed E-state index contributed by atoms with van der Waals surface area (Å²) in [6.07, 6.45) is 2.74. The normalized spacial score (nSPS) is 29.0. The Bertz CT molecular complexity index is 432. The van der Waals surface area contributed by atoms with E-state index in [0.29, 0.717) is 12.8 Å². The Hall–Kier alpha value is -1.39. The van der Waals surface area contributed by atoms with E-state index >= 15 is 0 Å².